The van der Waals surface area contributed by atoms with Gasteiger partial charge < -0.3 is 10.1 Å². The number of ether oxygens (including phenoxy) is 1. The molecule has 108 valence electrons. The first-order chi connectivity index (χ1) is 9.13. The third-order valence-electron chi connectivity index (χ3n) is 3.70. The highest BCUT2D eigenvalue weighted by Crippen LogP contribution is 2.24. The highest BCUT2D eigenvalue weighted by molar-refractivity contribution is 5.41. The monoisotopic (exact) mass is 264 g/mol. The van der Waals surface area contributed by atoms with Crippen LogP contribution in [0.25, 0.3) is 0 Å². The van der Waals surface area contributed by atoms with Gasteiger partial charge in [0, 0.05) is 29.1 Å². The molecule has 0 saturated heterocycles. The van der Waals surface area contributed by atoms with Crippen molar-refractivity contribution in [3.8, 4) is 5.75 Å². The molecular formula is C16H28N2O. The molecule has 0 amide bonds. The molecule has 0 aliphatic carbocycles. The second-order valence-electron chi connectivity index (χ2n) is 5.10. The van der Waals surface area contributed by atoms with E-state index in [-0.39, 0.29) is 0 Å². The Kier molecular flexibility index (Phi) is 6.85. The second-order valence-corrected chi connectivity index (χ2v) is 5.10. The fourth-order valence-corrected chi connectivity index (χ4v) is 2.58. The zero-order chi connectivity index (χ0) is 14.3. The van der Waals surface area contributed by atoms with Gasteiger partial charge >= 0.3 is 0 Å². The zero-order valence-corrected chi connectivity index (χ0v) is 13.0. The van der Waals surface area contributed by atoms with Crippen molar-refractivity contribution in [2.24, 2.45) is 0 Å². The first kappa shape index (κ1) is 16.0. The maximum Gasteiger partial charge on any atom is 0.128 e. The minimum atomic E-state index is 0.637. The van der Waals surface area contributed by atoms with Crippen LogP contribution in [-0.2, 0) is 6.42 Å². The molecule has 0 radical (unpaired) electrons. The van der Waals surface area contributed by atoms with Gasteiger partial charge in [0.2, 0.25) is 0 Å². The van der Waals surface area contributed by atoms with Crippen molar-refractivity contribution >= 4 is 0 Å². The van der Waals surface area contributed by atoms with E-state index in [2.05, 4.69) is 31.1 Å². The van der Waals surface area contributed by atoms with E-state index in [0.717, 1.165) is 24.3 Å². The van der Waals surface area contributed by atoms with Crippen molar-refractivity contribution in [1.82, 2.24) is 10.3 Å². The van der Waals surface area contributed by atoms with Gasteiger partial charge in [0.25, 0.3) is 0 Å². The molecule has 19 heavy (non-hydrogen) atoms. The number of nitrogens with zero attached hydrogens (tertiary/aromatic N) is 1. The Bertz CT molecular complexity index is 391. The molecule has 3 nitrogen and oxygen atoms in total. The number of hydrogen-bond donors (Lipinski definition) is 1. The molecular weight excluding hydrogens is 236 g/mol. The lowest BCUT2D eigenvalue weighted by molar-refractivity contribution is 0.406. The summed E-state index contributed by atoms with van der Waals surface area (Å²) in [7, 11) is 1.73. The minimum absolute atomic E-state index is 0.637. The van der Waals surface area contributed by atoms with Gasteiger partial charge in [-0.05, 0) is 46.1 Å². The Morgan fingerprint density at radius 2 is 2.05 bits per heavy atom. The third kappa shape index (κ3) is 4.50. The normalized spacial score (nSPS) is 12.5. The van der Waals surface area contributed by atoms with Crippen LogP contribution in [0.2, 0.25) is 0 Å². The average molecular weight is 264 g/mol. The van der Waals surface area contributed by atoms with E-state index >= 15 is 0 Å². The predicted molar refractivity (Wildman–Crippen MR) is 81.0 cm³/mol. The summed E-state index contributed by atoms with van der Waals surface area (Å²) in [6, 6.07) is 0.637. The maximum atomic E-state index is 5.45. The number of nitrogens with one attached hydrogen (secondary N) is 1. The summed E-state index contributed by atoms with van der Waals surface area (Å²) in [4.78, 5) is 4.55. The van der Waals surface area contributed by atoms with Crippen LogP contribution < -0.4 is 10.1 Å². The van der Waals surface area contributed by atoms with Gasteiger partial charge in [0.15, 0.2) is 0 Å². The van der Waals surface area contributed by atoms with Crippen LogP contribution in [0.1, 0.15) is 49.9 Å². The Morgan fingerprint density at radius 3 is 2.63 bits per heavy atom. The van der Waals surface area contributed by atoms with Crippen LogP contribution in [0.15, 0.2) is 6.20 Å². The zero-order valence-electron chi connectivity index (χ0n) is 13.0. The molecule has 1 unspecified atom stereocenters. The van der Waals surface area contributed by atoms with E-state index < -0.39 is 0 Å². The fourth-order valence-electron chi connectivity index (χ4n) is 2.58. The molecule has 0 aliphatic rings. The van der Waals surface area contributed by atoms with Crippen molar-refractivity contribution < 1.29 is 4.74 Å². The van der Waals surface area contributed by atoms with Crippen LogP contribution in [0, 0.1) is 13.8 Å². The van der Waals surface area contributed by atoms with E-state index in [9.17, 15) is 0 Å². The second kappa shape index (κ2) is 8.16. The number of hydrogen-bond acceptors (Lipinski definition) is 3. The number of pyridine rings is 1. The van der Waals surface area contributed by atoms with E-state index in [1.807, 2.05) is 13.1 Å². The topological polar surface area (TPSA) is 34.2 Å². The van der Waals surface area contributed by atoms with E-state index in [1.165, 1.54) is 30.5 Å². The molecule has 1 rings (SSSR count). The van der Waals surface area contributed by atoms with E-state index in [1.54, 1.807) is 7.11 Å². The summed E-state index contributed by atoms with van der Waals surface area (Å²) >= 11 is 0. The van der Waals surface area contributed by atoms with Crippen molar-refractivity contribution in [3.63, 3.8) is 0 Å². The predicted octanol–water partition coefficient (Wildman–Crippen LogP) is 3.42. The van der Waals surface area contributed by atoms with E-state index in [0.29, 0.717) is 6.04 Å². The molecule has 0 fully saturated rings. The molecule has 0 aromatic carbocycles. The first-order valence-corrected chi connectivity index (χ1v) is 7.36. The smallest absolute Gasteiger partial charge is 0.128 e. The molecule has 3 heteroatoms. The molecule has 0 spiro atoms. The number of rotatable bonds is 8. The van der Waals surface area contributed by atoms with Crippen molar-refractivity contribution in [2.75, 3.05) is 13.7 Å². The summed E-state index contributed by atoms with van der Waals surface area (Å²) in [6.45, 7) is 9.61. The first-order valence-electron chi connectivity index (χ1n) is 7.36. The lowest BCUT2D eigenvalue weighted by Gasteiger charge is -2.16. The number of aromatic nitrogens is 1. The number of methoxy groups -OCH3 is 1. The standard InChI is InChI=1S/C16H28N2O/c1-6-14(17-7-2)9-8-10-15-13(4)16(19-5)12(3)11-18-15/h11,14,17H,6-10H2,1-5H3. The van der Waals surface area contributed by atoms with Gasteiger partial charge in [-0.2, -0.15) is 0 Å². The molecule has 1 aromatic heterocycles. The molecule has 1 atom stereocenters. The van der Waals surface area contributed by atoms with Crippen molar-refractivity contribution in [3.05, 3.63) is 23.0 Å². The van der Waals surface area contributed by atoms with Gasteiger partial charge in [-0.25, -0.2) is 0 Å². The minimum Gasteiger partial charge on any atom is -0.496 e. The summed E-state index contributed by atoms with van der Waals surface area (Å²) in [5, 5.41) is 3.52. The highest BCUT2D eigenvalue weighted by atomic mass is 16.5. The molecule has 1 N–H and O–H groups in total. The molecule has 0 aliphatic heterocycles. The summed E-state index contributed by atoms with van der Waals surface area (Å²) in [6.07, 6.45) is 6.53. The molecule has 0 bridgehead atoms. The van der Waals surface area contributed by atoms with Crippen LogP contribution in [0.4, 0.5) is 0 Å². The molecule has 1 heterocycles. The fraction of sp³-hybridized carbons (Fsp3) is 0.688. The van der Waals surface area contributed by atoms with Crippen LogP contribution in [-0.4, -0.2) is 24.7 Å². The van der Waals surface area contributed by atoms with Crippen LogP contribution in [0.5, 0.6) is 5.75 Å². The lowest BCUT2D eigenvalue weighted by Crippen LogP contribution is -2.28. The van der Waals surface area contributed by atoms with E-state index in [4.69, 9.17) is 4.74 Å². The number of aryl methyl sites for hydroxylation is 2. The summed E-state index contributed by atoms with van der Waals surface area (Å²) < 4.78 is 5.45. The average Bonchev–Trinajstić information content (AvgIpc) is 2.40. The van der Waals surface area contributed by atoms with Gasteiger partial charge in [-0.1, -0.05) is 13.8 Å². The quantitative estimate of drug-likeness (QED) is 0.781. The molecule has 1 aromatic rings. The summed E-state index contributed by atoms with van der Waals surface area (Å²) in [5.74, 6) is 0.990. The van der Waals surface area contributed by atoms with Gasteiger partial charge in [-0.3, -0.25) is 4.98 Å². The van der Waals surface area contributed by atoms with Crippen molar-refractivity contribution in [2.45, 2.75) is 59.4 Å². The Morgan fingerprint density at radius 1 is 1.32 bits per heavy atom. The third-order valence-corrected chi connectivity index (χ3v) is 3.70. The lowest BCUT2D eigenvalue weighted by atomic mass is 10.0. The van der Waals surface area contributed by atoms with Crippen LogP contribution in [0.3, 0.4) is 0 Å². The largest absolute Gasteiger partial charge is 0.496 e. The maximum absolute atomic E-state index is 5.45. The Balaban J connectivity index is 2.58. The molecule has 0 saturated carbocycles. The van der Waals surface area contributed by atoms with Crippen LogP contribution >= 0.6 is 0 Å². The summed E-state index contributed by atoms with van der Waals surface area (Å²) in [5.41, 5.74) is 3.48. The SMILES string of the molecule is CCNC(CC)CCCc1ncc(C)c(OC)c1C. The Labute approximate surface area is 117 Å². The van der Waals surface area contributed by atoms with Crippen molar-refractivity contribution in [1.29, 1.82) is 0 Å². The van der Waals surface area contributed by atoms with Gasteiger partial charge in [0.1, 0.15) is 5.75 Å². The highest BCUT2D eigenvalue weighted by Gasteiger charge is 2.10. The Hall–Kier alpha value is -1.09. The van der Waals surface area contributed by atoms with Gasteiger partial charge in [0.05, 0.1) is 7.11 Å². The van der Waals surface area contributed by atoms with Gasteiger partial charge in [-0.15, -0.1) is 0 Å².